The normalized spacial score (nSPS) is 16.8. The first-order chi connectivity index (χ1) is 12.7. The number of hydrogen-bond donors (Lipinski definition) is 0. The molecule has 0 saturated carbocycles. The number of ether oxygens (including phenoxy) is 3. The van der Waals surface area contributed by atoms with Crippen LogP contribution in [-0.4, -0.2) is 38.4 Å². The molecule has 26 heavy (non-hydrogen) atoms. The zero-order valence-corrected chi connectivity index (χ0v) is 15.4. The Kier molecular flexibility index (Phi) is 6.47. The fraction of sp³-hybridized carbons (Fsp3) is 0.429. The minimum atomic E-state index is -0.209. The van der Waals surface area contributed by atoms with E-state index in [0.717, 1.165) is 61.7 Å². The monoisotopic (exact) mass is 359 g/mol. The van der Waals surface area contributed by atoms with Crippen molar-refractivity contribution in [2.24, 2.45) is 0 Å². The molecule has 3 rings (SSSR count). The average molecular weight is 359 g/mol. The van der Waals surface area contributed by atoms with Gasteiger partial charge < -0.3 is 14.2 Å². The maximum atomic E-state index is 13.2. The quantitative estimate of drug-likeness (QED) is 0.712. The van der Waals surface area contributed by atoms with E-state index < -0.39 is 0 Å². The molecule has 0 aliphatic carbocycles. The van der Waals surface area contributed by atoms with Crippen LogP contribution in [0.4, 0.5) is 4.39 Å². The topological polar surface area (TPSA) is 30.9 Å². The molecule has 140 valence electrons. The molecule has 0 spiro atoms. The van der Waals surface area contributed by atoms with Crippen LogP contribution in [0.15, 0.2) is 42.5 Å². The highest BCUT2D eigenvalue weighted by Crippen LogP contribution is 2.28. The van der Waals surface area contributed by atoms with E-state index in [9.17, 15) is 4.39 Å². The largest absolute Gasteiger partial charge is 0.493 e. The number of nitrogens with zero attached hydrogens (tertiary/aromatic N) is 1. The van der Waals surface area contributed by atoms with Gasteiger partial charge in [-0.1, -0.05) is 18.2 Å². The van der Waals surface area contributed by atoms with Gasteiger partial charge >= 0.3 is 0 Å². The van der Waals surface area contributed by atoms with Crippen molar-refractivity contribution in [2.45, 2.75) is 32.0 Å². The molecule has 1 aliphatic heterocycles. The minimum absolute atomic E-state index is 0.209. The van der Waals surface area contributed by atoms with Gasteiger partial charge in [-0.05, 0) is 48.2 Å². The Labute approximate surface area is 154 Å². The van der Waals surface area contributed by atoms with Gasteiger partial charge in [0.1, 0.15) is 5.82 Å². The van der Waals surface area contributed by atoms with Crippen LogP contribution in [-0.2, 0) is 17.8 Å². The first-order valence-corrected chi connectivity index (χ1v) is 8.97. The van der Waals surface area contributed by atoms with E-state index in [1.807, 2.05) is 24.3 Å². The van der Waals surface area contributed by atoms with Crippen molar-refractivity contribution in [1.82, 2.24) is 4.90 Å². The third kappa shape index (κ3) is 4.96. The smallest absolute Gasteiger partial charge is 0.161 e. The summed E-state index contributed by atoms with van der Waals surface area (Å²) in [5.41, 5.74) is 2.23. The Morgan fingerprint density at radius 2 is 1.69 bits per heavy atom. The molecule has 1 atom stereocenters. The molecule has 0 bridgehead atoms. The molecule has 5 heteroatoms. The summed E-state index contributed by atoms with van der Waals surface area (Å²) in [5.74, 6) is 1.24. The molecule has 2 aromatic carbocycles. The van der Waals surface area contributed by atoms with E-state index in [4.69, 9.17) is 14.2 Å². The van der Waals surface area contributed by atoms with Gasteiger partial charge in [0.05, 0.1) is 20.3 Å². The lowest BCUT2D eigenvalue weighted by Crippen LogP contribution is -2.31. The Morgan fingerprint density at radius 3 is 2.35 bits per heavy atom. The fourth-order valence-electron chi connectivity index (χ4n) is 3.35. The van der Waals surface area contributed by atoms with Gasteiger partial charge in [0, 0.05) is 26.2 Å². The summed E-state index contributed by atoms with van der Waals surface area (Å²) in [6, 6.07) is 12.7. The second kappa shape index (κ2) is 9.01. The van der Waals surface area contributed by atoms with E-state index in [2.05, 4.69) is 11.0 Å². The zero-order chi connectivity index (χ0) is 18.4. The minimum Gasteiger partial charge on any atom is -0.493 e. The van der Waals surface area contributed by atoms with Gasteiger partial charge in [-0.25, -0.2) is 4.39 Å². The molecule has 0 amide bonds. The molecule has 4 nitrogen and oxygen atoms in total. The molecule has 0 N–H and O–H groups in total. The van der Waals surface area contributed by atoms with E-state index in [0.29, 0.717) is 0 Å². The summed E-state index contributed by atoms with van der Waals surface area (Å²) < 4.78 is 29.7. The number of methoxy groups -OCH3 is 2. The maximum Gasteiger partial charge on any atom is 0.161 e. The SMILES string of the molecule is COc1ccc(CN(Cc2ccc(F)cc2)CC2CCCO2)cc1OC. The van der Waals surface area contributed by atoms with Gasteiger partial charge in [0.15, 0.2) is 11.5 Å². The molecule has 0 radical (unpaired) electrons. The predicted molar refractivity (Wildman–Crippen MR) is 99.0 cm³/mol. The second-order valence-electron chi connectivity index (χ2n) is 6.62. The van der Waals surface area contributed by atoms with Crippen LogP contribution in [0, 0.1) is 5.82 Å². The summed E-state index contributed by atoms with van der Waals surface area (Å²) in [7, 11) is 3.28. The highest BCUT2D eigenvalue weighted by molar-refractivity contribution is 5.42. The fourth-order valence-corrected chi connectivity index (χ4v) is 3.35. The Morgan fingerprint density at radius 1 is 1.00 bits per heavy atom. The maximum absolute atomic E-state index is 13.2. The predicted octanol–water partition coefficient (Wildman–Crippen LogP) is 4.02. The molecule has 1 heterocycles. The summed E-state index contributed by atoms with van der Waals surface area (Å²) >= 11 is 0. The summed E-state index contributed by atoms with van der Waals surface area (Å²) in [6.45, 7) is 3.20. The summed E-state index contributed by atoms with van der Waals surface area (Å²) in [4.78, 5) is 2.34. The van der Waals surface area contributed by atoms with Crippen molar-refractivity contribution in [1.29, 1.82) is 0 Å². The standard InChI is InChI=1S/C21H26FNO3/c1-24-20-10-7-17(12-21(20)25-2)14-23(15-19-4-3-11-26-19)13-16-5-8-18(22)9-6-16/h5-10,12,19H,3-4,11,13-15H2,1-2H3. The lowest BCUT2D eigenvalue weighted by molar-refractivity contribution is 0.0679. The van der Waals surface area contributed by atoms with Crippen LogP contribution in [0.25, 0.3) is 0 Å². The number of hydrogen-bond acceptors (Lipinski definition) is 4. The third-order valence-electron chi connectivity index (χ3n) is 4.66. The molecule has 2 aromatic rings. The Bertz CT molecular complexity index is 699. The van der Waals surface area contributed by atoms with E-state index in [1.54, 1.807) is 14.2 Å². The van der Waals surface area contributed by atoms with Crippen molar-refractivity contribution < 1.29 is 18.6 Å². The van der Waals surface area contributed by atoms with Crippen molar-refractivity contribution in [3.05, 3.63) is 59.4 Å². The third-order valence-corrected chi connectivity index (χ3v) is 4.66. The van der Waals surface area contributed by atoms with Gasteiger partial charge in [-0.15, -0.1) is 0 Å². The number of rotatable bonds is 8. The Hall–Kier alpha value is -2.11. The van der Waals surface area contributed by atoms with Crippen LogP contribution < -0.4 is 9.47 Å². The molecule has 1 aliphatic rings. The van der Waals surface area contributed by atoms with Crippen LogP contribution in [0.1, 0.15) is 24.0 Å². The van der Waals surface area contributed by atoms with E-state index >= 15 is 0 Å². The lowest BCUT2D eigenvalue weighted by atomic mass is 10.1. The molecule has 1 fully saturated rings. The molecule has 1 saturated heterocycles. The lowest BCUT2D eigenvalue weighted by Gasteiger charge is -2.26. The average Bonchev–Trinajstić information content (AvgIpc) is 3.16. The molecule has 1 unspecified atom stereocenters. The highest BCUT2D eigenvalue weighted by atomic mass is 19.1. The van der Waals surface area contributed by atoms with Gasteiger partial charge in [-0.3, -0.25) is 4.90 Å². The summed E-state index contributed by atoms with van der Waals surface area (Å²) in [5, 5.41) is 0. The van der Waals surface area contributed by atoms with Gasteiger partial charge in [0.25, 0.3) is 0 Å². The first-order valence-electron chi connectivity index (χ1n) is 8.97. The molecule has 0 aromatic heterocycles. The van der Waals surface area contributed by atoms with Crippen LogP contribution >= 0.6 is 0 Å². The van der Waals surface area contributed by atoms with E-state index in [1.165, 1.54) is 12.1 Å². The highest BCUT2D eigenvalue weighted by Gasteiger charge is 2.20. The van der Waals surface area contributed by atoms with Crippen molar-refractivity contribution in [2.75, 3.05) is 27.4 Å². The molecular formula is C21H26FNO3. The van der Waals surface area contributed by atoms with Crippen LogP contribution in [0.2, 0.25) is 0 Å². The molecular weight excluding hydrogens is 333 g/mol. The van der Waals surface area contributed by atoms with Crippen molar-refractivity contribution in [3.8, 4) is 11.5 Å². The van der Waals surface area contributed by atoms with Crippen molar-refractivity contribution in [3.63, 3.8) is 0 Å². The van der Waals surface area contributed by atoms with Crippen molar-refractivity contribution >= 4 is 0 Å². The van der Waals surface area contributed by atoms with E-state index in [-0.39, 0.29) is 11.9 Å². The second-order valence-corrected chi connectivity index (χ2v) is 6.62. The van der Waals surface area contributed by atoms with Gasteiger partial charge in [-0.2, -0.15) is 0 Å². The first kappa shape index (κ1) is 18.7. The Balaban J connectivity index is 1.74. The van der Waals surface area contributed by atoms with Gasteiger partial charge in [0.2, 0.25) is 0 Å². The number of halogens is 1. The van der Waals surface area contributed by atoms with Crippen LogP contribution in [0.5, 0.6) is 11.5 Å². The zero-order valence-electron chi connectivity index (χ0n) is 15.4. The number of benzene rings is 2. The summed E-state index contributed by atoms with van der Waals surface area (Å²) in [6.07, 6.45) is 2.47. The van der Waals surface area contributed by atoms with Crippen LogP contribution in [0.3, 0.4) is 0 Å².